The van der Waals surface area contributed by atoms with Gasteiger partial charge in [-0.3, -0.25) is 0 Å². The van der Waals surface area contributed by atoms with Crippen LogP contribution in [-0.4, -0.2) is 26.9 Å². The van der Waals surface area contributed by atoms with Gasteiger partial charge in [0.1, 0.15) is 11.6 Å². The van der Waals surface area contributed by atoms with E-state index in [0.717, 1.165) is 16.9 Å². The molecule has 0 bridgehead atoms. The molecule has 6 nitrogen and oxygen atoms in total. The third kappa shape index (κ3) is 3.68. The average molecular weight is 376 g/mol. The first-order chi connectivity index (χ1) is 13.6. The van der Waals surface area contributed by atoms with Crippen molar-refractivity contribution >= 4 is 12.2 Å². The Bertz CT molecular complexity index is 1150. The third-order valence-corrected chi connectivity index (χ3v) is 4.12. The van der Waals surface area contributed by atoms with Gasteiger partial charge in [-0.2, -0.15) is 0 Å². The third-order valence-electron chi connectivity index (χ3n) is 4.12. The zero-order chi connectivity index (χ0) is 19.5. The van der Waals surface area contributed by atoms with Crippen LogP contribution in [0.4, 0.5) is 4.39 Å². The fraction of sp³-hybridized carbons (Fsp3) is 0.0952. The molecule has 0 unspecified atom stereocenters. The first-order valence-corrected chi connectivity index (χ1v) is 8.59. The van der Waals surface area contributed by atoms with E-state index >= 15 is 0 Å². The standard InChI is InChI=1S/C21H17FN4O2/c1-14-12-26(13-23-14)18-8-6-15(10-19(18)27-2)7-9-20-24-25-21(28-20)16-4-3-5-17(22)11-16/h3-13H,1-2H3. The Morgan fingerprint density at radius 3 is 2.75 bits per heavy atom. The predicted octanol–water partition coefficient (Wildman–Crippen LogP) is 4.55. The van der Waals surface area contributed by atoms with Crippen LogP contribution in [0.2, 0.25) is 0 Å². The summed E-state index contributed by atoms with van der Waals surface area (Å²) in [6, 6.07) is 11.8. The molecule has 0 spiro atoms. The summed E-state index contributed by atoms with van der Waals surface area (Å²) < 4.78 is 26.3. The lowest BCUT2D eigenvalue weighted by molar-refractivity contribution is 0.413. The summed E-state index contributed by atoms with van der Waals surface area (Å²) >= 11 is 0. The first kappa shape index (κ1) is 17.7. The molecule has 0 amide bonds. The van der Waals surface area contributed by atoms with Crippen molar-refractivity contribution in [1.82, 2.24) is 19.7 Å². The Morgan fingerprint density at radius 2 is 2.00 bits per heavy atom. The van der Waals surface area contributed by atoms with Crippen LogP contribution in [0.1, 0.15) is 17.1 Å². The number of nitrogens with zero attached hydrogens (tertiary/aromatic N) is 4. The molecule has 0 aliphatic rings. The molecule has 0 atom stereocenters. The van der Waals surface area contributed by atoms with E-state index in [1.165, 1.54) is 12.1 Å². The molecule has 2 heterocycles. The summed E-state index contributed by atoms with van der Waals surface area (Å²) in [5.41, 5.74) is 3.26. The Balaban J connectivity index is 1.57. The molecule has 2 aromatic heterocycles. The van der Waals surface area contributed by atoms with Gasteiger partial charge in [0, 0.05) is 17.8 Å². The van der Waals surface area contributed by atoms with Crippen LogP contribution in [-0.2, 0) is 0 Å². The molecule has 0 fully saturated rings. The van der Waals surface area contributed by atoms with Gasteiger partial charge in [0.15, 0.2) is 0 Å². The molecule has 0 saturated carbocycles. The quantitative estimate of drug-likeness (QED) is 0.511. The van der Waals surface area contributed by atoms with E-state index in [1.54, 1.807) is 31.6 Å². The number of rotatable bonds is 5. The van der Waals surface area contributed by atoms with Crippen LogP contribution in [0.5, 0.6) is 5.75 Å². The molecule has 2 aromatic carbocycles. The second kappa shape index (κ2) is 7.48. The van der Waals surface area contributed by atoms with E-state index in [2.05, 4.69) is 15.2 Å². The topological polar surface area (TPSA) is 66.0 Å². The largest absolute Gasteiger partial charge is 0.495 e. The zero-order valence-corrected chi connectivity index (χ0v) is 15.3. The molecule has 0 N–H and O–H groups in total. The van der Waals surface area contributed by atoms with Gasteiger partial charge in [-0.05, 0) is 48.9 Å². The summed E-state index contributed by atoms with van der Waals surface area (Å²) in [7, 11) is 1.62. The average Bonchev–Trinajstić information content (AvgIpc) is 3.35. The van der Waals surface area contributed by atoms with Gasteiger partial charge in [-0.1, -0.05) is 12.1 Å². The number of hydrogen-bond donors (Lipinski definition) is 0. The van der Waals surface area contributed by atoms with Crippen molar-refractivity contribution in [3.63, 3.8) is 0 Å². The Kier molecular flexibility index (Phi) is 4.72. The van der Waals surface area contributed by atoms with Crippen molar-refractivity contribution in [3.05, 3.63) is 78.0 Å². The van der Waals surface area contributed by atoms with Crippen molar-refractivity contribution in [2.24, 2.45) is 0 Å². The van der Waals surface area contributed by atoms with Gasteiger partial charge < -0.3 is 13.7 Å². The van der Waals surface area contributed by atoms with Crippen molar-refractivity contribution in [2.75, 3.05) is 7.11 Å². The molecule has 0 saturated heterocycles. The molecule has 0 aliphatic carbocycles. The first-order valence-electron chi connectivity index (χ1n) is 8.59. The van der Waals surface area contributed by atoms with Crippen molar-refractivity contribution in [1.29, 1.82) is 0 Å². The van der Waals surface area contributed by atoms with Crippen LogP contribution in [0.3, 0.4) is 0 Å². The minimum atomic E-state index is -0.354. The van der Waals surface area contributed by atoms with Gasteiger partial charge in [0.05, 0.1) is 24.8 Å². The minimum absolute atomic E-state index is 0.266. The van der Waals surface area contributed by atoms with E-state index in [9.17, 15) is 4.39 Å². The van der Waals surface area contributed by atoms with Crippen LogP contribution in [0.15, 0.2) is 59.4 Å². The molecule has 0 radical (unpaired) electrons. The number of aryl methyl sites for hydroxylation is 1. The summed E-state index contributed by atoms with van der Waals surface area (Å²) in [4.78, 5) is 4.24. The minimum Gasteiger partial charge on any atom is -0.495 e. The van der Waals surface area contributed by atoms with Crippen molar-refractivity contribution < 1.29 is 13.5 Å². The molecular formula is C21H17FN4O2. The lowest BCUT2D eigenvalue weighted by Gasteiger charge is -2.09. The highest BCUT2D eigenvalue weighted by molar-refractivity contribution is 5.69. The molecule has 4 aromatic rings. The fourth-order valence-corrected chi connectivity index (χ4v) is 2.77. The number of methoxy groups -OCH3 is 1. The fourth-order valence-electron chi connectivity index (χ4n) is 2.77. The number of hydrogen-bond acceptors (Lipinski definition) is 5. The van der Waals surface area contributed by atoms with Crippen LogP contribution < -0.4 is 4.74 Å². The highest BCUT2D eigenvalue weighted by Gasteiger charge is 2.09. The second-order valence-electron chi connectivity index (χ2n) is 6.14. The molecule has 0 aliphatic heterocycles. The summed E-state index contributed by atoms with van der Waals surface area (Å²) in [6.07, 6.45) is 7.22. The number of benzene rings is 2. The van der Waals surface area contributed by atoms with Crippen molar-refractivity contribution in [3.8, 4) is 22.9 Å². The van der Waals surface area contributed by atoms with Gasteiger partial charge in [0.2, 0.25) is 11.8 Å². The van der Waals surface area contributed by atoms with E-state index in [-0.39, 0.29) is 11.7 Å². The molecule has 4 rings (SSSR count). The summed E-state index contributed by atoms with van der Waals surface area (Å²) in [5, 5.41) is 7.94. The smallest absolute Gasteiger partial charge is 0.248 e. The van der Waals surface area contributed by atoms with E-state index in [0.29, 0.717) is 17.2 Å². The van der Waals surface area contributed by atoms with Crippen LogP contribution in [0, 0.1) is 12.7 Å². The highest BCUT2D eigenvalue weighted by atomic mass is 19.1. The van der Waals surface area contributed by atoms with E-state index in [4.69, 9.17) is 9.15 Å². The SMILES string of the molecule is COc1cc(C=Cc2nnc(-c3cccc(F)c3)o2)ccc1-n1cnc(C)c1. The lowest BCUT2D eigenvalue weighted by Crippen LogP contribution is -1.95. The number of ether oxygens (including phenoxy) is 1. The Labute approximate surface area is 160 Å². The maximum Gasteiger partial charge on any atom is 0.248 e. The molecular weight excluding hydrogens is 359 g/mol. The van der Waals surface area contributed by atoms with Crippen LogP contribution in [0.25, 0.3) is 29.3 Å². The van der Waals surface area contributed by atoms with Gasteiger partial charge in [-0.15, -0.1) is 10.2 Å². The highest BCUT2D eigenvalue weighted by Crippen LogP contribution is 2.26. The number of imidazole rings is 1. The van der Waals surface area contributed by atoms with Gasteiger partial charge in [0.25, 0.3) is 0 Å². The lowest BCUT2D eigenvalue weighted by atomic mass is 10.1. The summed E-state index contributed by atoms with van der Waals surface area (Å²) in [6.45, 7) is 1.93. The van der Waals surface area contributed by atoms with Crippen LogP contribution >= 0.6 is 0 Å². The van der Waals surface area contributed by atoms with E-state index < -0.39 is 0 Å². The normalized spacial score (nSPS) is 11.2. The van der Waals surface area contributed by atoms with Crippen molar-refractivity contribution in [2.45, 2.75) is 6.92 Å². The van der Waals surface area contributed by atoms with Gasteiger partial charge in [-0.25, -0.2) is 9.37 Å². The summed E-state index contributed by atoms with van der Waals surface area (Å²) in [5.74, 6) is 0.952. The zero-order valence-electron chi connectivity index (χ0n) is 15.3. The molecule has 28 heavy (non-hydrogen) atoms. The maximum atomic E-state index is 13.3. The number of aromatic nitrogens is 4. The monoisotopic (exact) mass is 376 g/mol. The Hall–Kier alpha value is -3.74. The maximum absolute atomic E-state index is 13.3. The van der Waals surface area contributed by atoms with E-state index in [1.807, 2.05) is 42.0 Å². The second-order valence-corrected chi connectivity index (χ2v) is 6.14. The molecule has 7 heteroatoms. The Morgan fingerprint density at radius 1 is 1.11 bits per heavy atom. The predicted molar refractivity (Wildman–Crippen MR) is 103 cm³/mol. The van der Waals surface area contributed by atoms with Gasteiger partial charge >= 0.3 is 0 Å². The molecule has 140 valence electrons. The number of halogens is 1.